The molecule has 2 aromatic heterocycles. The predicted octanol–water partition coefficient (Wildman–Crippen LogP) is -0.259. The Hall–Kier alpha value is -1.93. The van der Waals surface area contributed by atoms with Crippen LogP contribution in [0.25, 0.3) is 0 Å². The largest absolute Gasteiger partial charge is 0.384 e. The zero-order valence-electron chi connectivity index (χ0n) is 10.3. The van der Waals surface area contributed by atoms with Gasteiger partial charge in [0, 0.05) is 18.5 Å². The average molecular weight is 250 g/mol. The lowest BCUT2D eigenvalue weighted by Gasteiger charge is -2.15. The van der Waals surface area contributed by atoms with Gasteiger partial charge < -0.3 is 5.73 Å². The van der Waals surface area contributed by atoms with Gasteiger partial charge in [-0.3, -0.25) is 21.0 Å². The van der Waals surface area contributed by atoms with Gasteiger partial charge in [0.1, 0.15) is 18.0 Å². The minimum atomic E-state index is -0.136. The molecule has 8 nitrogen and oxygen atoms in total. The summed E-state index contributed by atoms with van der Waals surface area (Å²) < 4.78 is 1.88. The molecule has 0 bridgehead atoms. The first-order chi connectivity index (χ1) is 8.76. The van der Waals surface area contributed by atoms with Crippen LogP contribution in [-0.4, -0.2) is 25.0 Å². The third-order valence-corrected chi connectivity index (χ3v) is 2.79. The normalized spacial score (nSPS) is 12.8. The van der Waals surface area contributed by atoms with Crippen molar-refractivity contribution in [2.75, 3.05) is 5.73 Å². The van der Waals surface area contributed by atoms with Crippen LogP contribution < -0.4 is 17.0 Å². The van der Waals surface area contributed by atoms with E-state index in [4.69, 9.17) is 11.6 Å². The molecular formula is C10H18N8. The van der Waals surface area contributed by atoms with Gasteiger partial charge in [-0.25, -0.2) is 4.98 Å². The van der Waals surface area contributed by atoms with Gasteiger partial charge in [-0.05, 0) is 6.42 Å². The molecule has 0 spiro atoms. The Balaban J connectivity index is 2.15. The van der Waals surface area contributed by atoms with Gasteiger partial charge >= 0.3 is 0 Å². The van der Waals surface area contributed by atoms with Crippen LogP contribution in [0.1, 0.15) is 30.8 Å². The van der Waals surface area contributed by atoms with Crippen molar-refractivity contribution in [1.82, 2.24) is 30.4 Å². The number of anilines is 1. The Morgan fingerprint density at radius 2 is 2.39 bits per heavy atom. The molecule has 1 unspecified atom stereocenters. The molecule has 0 aliphatic carbocycles. The Bertz CT molecular complexity index is 488. The summed E-state index contributed by atoms with van der Waals surface area (Å²) in [7, 11) is 0. The number of hydrazine groups is 1. The van der Waals surface area contributed by atoms with E-state index in [9.17, 15) is 0 Å². The van der Waals surface area contributed by atoms with E-state index in [0.29, 0.717) is 12.2 Å². The minimum absolute atomic E-state index is 0.136. The lowest BCUT2D eigenvalue weighted by Crippen LogP contribution is -2.30. The maximum absolute atomic E-state index is 5.79. The number of hydrogen-bond acceptors (Lipinski definition) is 6. The quantitative estimate of drug-likeness (QED) is 0.413. The summed E-state index contributed by atoms with van der Waals surface area (Å²) in [6.07, 6.45) is 4.84. The average Bonchev–Trinajstić information content (AvgIpc) is 2.96. The number of aryl methyl sites for hydroxylation is 1. The number of H-pyrrole nitrogens is 1. The third kappa shape index (κ3) is 2.49. The Kier molecular flexibility index (Phi) is 3.90. The molecule has 0 aliphatic rings. The van der Waals surface area contributed by atoms with Crippen LogP contribution in [0.5, 0.6) is 0 Å². The van der Waals surface area contributed by atoms with Crippen molar-refractivity contribution in [2.24, 2.45) is 5.84 Å². The standard InChI is InChI=1S/C10H18N8/c1-2-3-18-9(13-6-15-18)4-8(16-12)7-5-14-17-10(7)11/h5-6,8,16H,2-4,12H2,1H3,(H3,11,14,17). The first-order valence-electron chi connectivity index (χ1n) is 5.87. The highest BCUT2D eigenvalue weighted by Gasteiger charge is 2.18. The fraction of sp³-hybridized carbons (Fsp3) is 0.500. The zero-order valence-corrected chi connectivity index (χ0v) is 10.3. The molecule has 0 saturated heterocycles. The second-order valence-electron chi connectivity index (χ2n) is 4.06. The van der Waals surface area contributed by atoms with E-state index < -0.39 is 0 Å². The molecule has 0 amide bonds. The fourth-order valence-electron chi connectivity index (χ4n) is 1.87. The number of aromatic nitrogens is 5. The van der Waals surface area contributed by atoms with Gasteiger partial charge in [0.25, 0.3) is 0 Å². The summed E-state index contributed by atoms with van der Waals surface area (Å²) in [4.78, 5) is 4.25. The number of hydrogen-bond donors (Lipinski definition) is 4. The summed E-state index contributed by atoms with van der Waals surface area (Å²) in [6, 6.07) is -0.136. The van der Waals surface area contributed by atoms with Gasteiger partial charge in [0.2, 0.25) is 0 Å². The summed E-state index contributed by atoms with van der Waals surface area (Å²) in [5.74, 6) is 6.96. The molecule has 2 rings (SSSR count). The number of nitrogens with one attached hydrogen (secondary N) is 2. The first kappa shape index (κ1) is 12.5. The molecular weight excluding hydrogens is 232 g/mol. The molecule has 0 aromatic carbocycles. The van der Waals surface area contributed by atoms with Crippen molar-refractivity contribution < 1.29 is 0 Å². The number of nitrogen functional groups attached to an aromatic ring is 1. The molecule has 1 atom stereocenters. The van der Waals surface area contributed by atoms with Gasteiger partial charge in [-0.1, -0.05) is 6.92 Å². The van der Waals surface area contributed by atoms with Crippen molar-refractivity contribution in [2.45, 2.75) is 32.4 Å². The highest BCUT2D eigenvalue weighted by Crippen LogP contribution is 2.20. The summed E-state index contributed by atoms with van der Waals surface area (Å²) in [5.41, 5.74) is 9.35. The number of aromatic amines is 1. The van der Waals surface area contributed by atoms with E-state index in [2.05, 4.69) is 32.6 Å². The monoisotopic (exact) mass is 250 g/mol. The van der Waals surface area contributed by atoms with Crippen LogP contribution in [-0.2, 0) is 13.0 Å². The molecule has 0 aliphatic heterocycles. The van der Waals surface area contributed by atoms with Crippen LogP contribution >= 0.6 is 0 Å². The van der Waals surface area contributed by atoms with E-state index in [1.165, 1.54) is 0 Å². The number of nitrogens with two attached hydrogens (primary N) is 2. The van der Waals surface area contributed by atoms with Crippen molar-refractivity contribution in [1.29, 1.82) is 0 Å². The van der Waals surface area contributed by atoms with Gasteiger partial charge in [-0.2, -0.15) is 10.2 Å². The Morgan fingerprint density at radius 3 is 3.00 bits per heavy atom. The highest BCUT2D eigenvalue weighted by molar-refractivity contribution is 5.39. The topological polar surface area (TPSA) is 123 Å². The van der Waals surface area contributed by atoms with Crippen LogP contribution in [0, 0.1) is 0 Å². The van der Waals surface area contributed by atoms with E-state index in [-0.39, 0.29) is 6.04 Å². The van der Waals surface area contributed by atoms with Crippen molar-refractivity contribution in [3.8, 4) is 0 Å². The molecule has 18 heavy (non-hydrogen) atoms. The highest BCUT2D eigenvalue weighted by atomic mass is 15.3. The molecule has 0 fully saturated rings. The molecule has 0 saturated carbocycles. The number of nitrogens with zero attached hydrogens (tertiary/aromatic N) is 4. The van der Waals surface area contributed by atoms with Crippen LogP contribution in [0.15, 0.2) is 12.5 Å². The van der Waals surface area contributed by atoms with Crippen LogP contribution in [0.4, 0.5) is 5.82 Å². The van der Waals surface area contributed by atoms with Gasteiger partial charge in [-0.15, -0.1) is 0 Å². The molecule has 2 heterocycles. The second-order valence-corrected chi connectivity index (χ2v) is 4.06. The predicted molar refractivity (Wildman–Crippen MR) is 67.1 cm³/mol. The van der Waals surface area contributed by atoms with Crippen molar-refractivity contribution >= 4 is 5.82 Å². The third-order valence-electron chi connectivity index (χ3n) is 2.79. The van der Waals surface area contributed by atoms with Gasteiger partial charge in [0.05, 0.1) is 12.2 Å². The van der Waals surface area contributed by atoms with Gasteiger partial charge in [0.15, 0.2) is 0 Å². The SMILES string of the molecule is CCCn1ncnc1CC(NN)c1cn[nH]c1N. The zero-order chi connectivity index (χ0) is 13.0. The van der Waals surface area contributed by atoms with E-state index in [1.54, 1.807) is 12.5 Å². The van der Waals surface area contributed by atoms with Crippen molar-refractivity contribution in [3.63, 3.8) is 0 Å². The summed E-state index contributed by atoms with van der Waals surface area (Å²) in [6.45, 7) is 2.94. The van der Waals surface area contributed by atoms with E-state index in [0.717, 1.165) is 24.4 Å². The molecule has 8 heteroatoms. The minimum Gasteiger partial charge on any atom is -0.384 e. The fourth-order valence-corrected chi connectivity index (χ4v) is 1.87. The van der Waals surface area contributed by atoms with Crippen molar-refractivity contribution in [3.05, 3.63) is 23.9 Å². The maximum atomic E-state index is 5.79. The summed E-state index contributed by atoms with van der Waals surface area (Å²) in [5, 5.41) is 10.8. The number of rotatable bonds is 6. The molecule has 98 valence electrons. The molecule has 0 radical (unpaired) electrons. The first-order valence-corrected chi connectivity index (χ1v) is 5.87. The molecule has 6 N–H and O–H groups in total. The van der Waals surface area contributed by atoms with E-state index in [1.807, 2.05) is 4.68 Å². The summed E-state index contributed by atoms with van der Waals surface area (Å²) >= 11 is 0. The smallest absolute Gasteiger partial charge is 0.138 e. The van der Waals surface area contributed by atoms with Crippen LogP contribution in [0.3, 0.4) is 0 Å². The van der Waals surface area contributed by atoms with Crippen LogP contribution in [0.2, 0.25) is 0 Å². The lowest BCUT2D eigenvalue weighted by atomic mass is 10.1. The lowest BCUT2D eigenvalue weighted by molar-refractivity contribution is 0.500. The second kappa shape index (κ2) is 5.61. The Labute approximate surface area is 105 Å². The van der Waals surface area contributed by atoms with E-state index >= 15 is 0 Å². The maximum Gasteiger partial charge on any atom is 0.138 e. The molecule has 2 aromatic rings. The Morgan fingerprint density at radius 1 is 1.56 bits per heavy atom.